The van der Waals surface area contributed by atoms with Gasteiger partial charge in [0.2, 0.25) is 0 Å². The van der Waals surface area contributed by atoms with Gasteiger partial charge in [-0.3, -0.25) is 9.88 Å². The molecule has 2 atom stereocenters. The summed E-state index contributed by atoms with van der Waals surface area (Å²) in [4.78, 5) is 11.1. The molecule has 0 radical (unpaired) electrons. The summed E-state index contributed by atoms with van der Waals surface area (Å²) in [6, 6.07) is 10.3. The Morgan fingerprint density at radius 3 is 2.84 bits per heavy atom. The van der Waals surface area contributed by atoms with Crippen LogP contribution in [0.1, 0.15) is 31.1 Å². The lowest BCUT2D eigenvalue weighted by Gasteiger charge is -2.38. The van der Waals surface area contributed by atoms with Gasteiger partial charge in [0.1, 0.15) is 5.82 Å². The second-order valence-corrected chi connectivity index (χ2v) is 7.63. The van der Waals surface area contributed by atoms with Crippen LogP contribution in [0.25, 0.3) is 0 Å². The second-order valence-electron chi connectivity index (χ2n) is 7.22. The maximum atomic E-state index is 14.8. The molecule has 2 heterocycles. The van der Waals surface area contributed by atoms with Gasteiger partial charge < -0.3 is 15.4 Å². The SMILES string of the molecule is CCNC(=NCc1ccccn1)NCC(c1c(F)cccc1Cl)N1CCOC(C)C1.I. The predicted octanol–water partition coefficient (Wildman–Crippen LogP) is 4.01. The van der Waals surface area contributed by atoms with Crippen molar-refractivity contribution < 1.29 is 9.13 Å². The molecular formula is C22H30ClFIN5O. The van der Waals surface area contributed by atoms with Crippen molar-refractivity contribution in [1.82, 2.24) is 20.5 Å². The molecule has 1 saturated heterocycles. The van der Waals surface area contributed by atoms with Gasteiger partial charge in [-0.05, 0) is 38.1 Å². The largest absolute Gasteiger partial charge is 0.376 e. The second kappa shape index (κ2) is 13.1. The molecule has 0 saturated carbocycles. The van der Waals surface area contributed by atoms with Gasteiger partial charge in [-0.15, -0.1) is 24.0 Å². The molecule has 3 rings (SSSR count). The minimum Gasteiger partial charge on any atom is -0.376 e. The number of guanidine groups is 1. The fourth-order valence-electron chi connectivity index (χ4n) is 3.56. The van der Waals surface area contributed by atoms with Gasteiger partial charge in [0.15, 0.2) is 5.96 Å². The van der Waals surface area contributed by atoms with Crippen molar-refractivity contribution in [1.29, 1.82) is 0 Å². The number of hydrogen-bond donors (Lipinski definition) is 2. The van der Waals surface area contributed by atoms with E-state index in [1.54, 1.807) is 18.3 Å². The molecule has 1 aliphatic rings. The van der Waals surface area contributed by atoms with Crippen LogP contribution < -0.4 is 10.6 Å². The Kier molecular flexibility index (Phi) is 10.9. The Bertz CT molecular complexity index is 822. The number of ether oxygens (including phenoxy) is 1. The Labute approximate surface area is 205 Å². The van der Waals surface area contributed by atoms with Crippen LogP contribution in [0.5, 0.6) is 0 Å². The first-order valence-corrected chi connectivity index (χ1v) is 10.7. The number of nitrogens with zero attached hydrogens (tertiary/aromatic N) is 3. The lowest BCUT2D eigenvalue weighted by Crippen LogP contribution is -2.48. The number of aromatic nitrogens is 1. The molecule has 2 N–H and O–H groups in total. The predicted molar refractivity (Wildman–Crippen MR) is 134 cm³/mol. The summed E-state index contributed by atoms with van der Waals surface area (Å²) in [5, 5.41) is 7.03. The molecule has 0 bridgehead atoms. The molecule has 2 unspecified atom stereocenters. The first-order valence-electron chi connectivity index (χ1n) is 10.3. The fraction of sp³-hybridized carbons (Fsp3) is 0.455. The quantitative estimate of drug-likeness (QED) is 0.304. The third-order valence-corrected chi connectivity index (χ3v) is 5.31. The minimum atomic E-state index is -0.302. The zero-order valence-corrected chi connectivity index (χ0v) is 20.9. The van der Waals surface area contributed by atoms with E-state index in [9.17, 15) is 4.39 Å². The fourth-order valence-corrected chi connectivity index (χ4v) is 3.85. The third kappa shape index (κ3) is 7.55. The smallest absolute Gasteiger partial charge is 0.191 e. The van der Waals surface area contributed by atoms with E-state index in [0.29, 0.717) is 55.9 Å². The molecule has 170 valence electrons. The standard InChI is InChI=1S/C22H29ClFN5O.HI/c1-3-25-22(27-13-17-7-4-5-10-26-17)28-14-20(29-11-12-30-16(2)15-29)21-18(23)8-6-9-19(21)24;/h4-10,16,20H,3,11-15H2,1-2H3,(H2,25,27,28);1H. The van der Waals surface area contributed by atoms with E-state index in [-0.39, 0.29) is 41.9 Å². The summed E-state index contributed by atoms with van der Waals surface area (Å²) in [5.74, 6) is 0.353. The van der Waals surface area contributed by atoms with Gasteiger partial charge in [0, 0.05) is 43.0 Å². The summed E-state index contributed by atoms with van der Waals surface area (Å²) in [7, 11) is 0. The first-order chi connectivity index (χ1) is 14.6. The lowest BCUT2D eigenvalue weighted by atomic mass is 10.0. The van der Waals surface area contributed by atoms with Crippen LogP contribution in [-0.4, -0.2) is 54.7 Å². The van der Waals surface area contributed by atoms with Gasteiger partial charge in [-0.25, -0.2) is 9.38 Å². The summed E-state index contributed by atoms with van der Waals surface area (Å²) >= 11 is 6.42. The van der Waals surface area contributed by atoms with Crippen LogP contribution in [0.3, 0.4) is 0 Å². The van der Waals surface area contributed by atoms with Crippen molar-refractivity contribution in [3.63, 3.8) is 0 Å². The van der Waals surface area contributed by atoms with Gasteiger partial charge in [-0.1, -0.05) is 23.7 Å². The van der Waals surface area contributed by atoms with Crippen molar-refractivity contribution in [2.45, 2.75) is 32.5 Å². The highest BCUT2D eigenvalue weighted by atomic mass is 127. The number of rotatable bonds is 7. The molecule has 0 spiro atoms. The topological polar surface area (TPSA) is 61.8 Å². The number of benzene rings is 1. The number of aliphatic imine (C=N–C) groups is 1. The highest BCUT2D eigenvalue weighted by Gasteiger charge is 2.29. The number of nitrogens with one attached hydrogen (secondary N) is 2. The number of pyridine rings is 1. The van der Waals surface area contributed by atoms with Crippen LogP contribution in [0.4, 0.5) is 4.39 Å². The van der Waals surface area contributed by atoms with E-state index in [2.05, 4.69) is 25.5 Å². The third-order valence-electron chi connectivity index (χ3n) is 4.98. The Hall–Kier alpha value is -1.49. The molecule has 9 heteroatoms. The summed E-state index contributed by atoms with van der Waals surface area (Å²) in [6.45, 7) is 7.69. The van der Waals surface area contributed by atoms with Crippen LogP contribution in [0.15, 0.2) is 47.6 Å². The lowest BCUT2D eigenvalue weighted by molar-refractivity contribution is -0.0343. The normalized spacial score (nSPS) is 18.2. The monoisotopic (exact) mass is 561 g/mol. The van der Waals surface area contributed by atoms with Gasteiger partial charge in [-0.2, -0.15) is 0 Å². The Morgan fingerprint density at radius 2 is 2.16 bits per heavy atom. The van der Waals surface area contributed by atoms with Gasteiger partial charge in [0.05, 0.1) is 31.0 Å². The number of morpholine rings is 1. The number of hydrogen-bond acceptors (Lipinski definition) is 4. The van der Waals surface area contributed by atoms with Crippen LogP contribution in [0, 0.1) is 5.82 Å². The average Bonchev–Trinajstić information content (AvgIpc) is 2.74. The maximum Gasteiger partial charge on any atom is 0.191 e. The summed E-state index contributed by atoms with van der Waals surface area (Å²) in [6.07, 6.45) is 1.83. The highest BCUT2D eigenvalue weighted by molar-refractivity contribution is 14.0. The highest BCUT2D eigenvalue weighted by Crippen LogP contribution is 2.31. The molecule has 1 fully saturated rings. The van der Waals surface area contributed by atoms with Crippen molar-refractivity contribution in [2.24, 2.45) is 4.99 Å². The van der Waals surface area contributed by atoms with E-state index in [4.69, 9.17) is 16.3 Å². The van der Waals surface area contributed by atoms with Crippen molar-refractivity contribution in [3.05, 3.63) is 64.7 Å². The van der Waals surface area contributed by atoms with E-state index in [0.717, 1.165) is 5.69 Å². The van der Waals surface area contributed by atoms with E-state index in [1.807, 2.05) is 32.0 Å². The molecule has 1 aliphatic heterocycles. The molecule has 1 aromatic carbocycles. The van der Waals surface area contributed by atoms with E-state index < -0.39 is 0 Å². The van der Waals surface area contributed by atoms with Crippen molar-refractivity contribution >= 4 is 41.5 Å². The van der Waals surface area contributed by atoms with Crippen molar-refractivity contribution in [2.75, 3.05) is 32.8 Å². The van der Waals surface area contributed by atoms with Gasteiger partial charge >= 0.3 is 0 Å². The maximum absolute atomic E-state index is 14.8. The Balaban J connectivity index is 0.00000341. The number of halogens is 3. The van der Waals surface area contributed by atoms with Crippen LogP contribution >= 0.6 is 35.6 Å². The summed E-state index contributed by atoms with van der Waals surface area (Å²) < 4.78 is 20.4. The first kappa shape index (κ1) is 25.8. The molecule has 2 aromatic rings. The minimum absolute atomic E-state index is 0. The average molecular weight is 562 g/mol. The van der Waals surface area contributed by atoms with Crippen LogP contribution in [0.2, 0.25) is 5.02 Å². The molecule has 31 heavy (non-hydrogen) atoms. The van der Waals surface area contributed by atoms with E-state index in [1.165, 1.54) is 6.07 Å². The van der Waals surface area contributed by atoms with Crippen molar-refractivity contribution in [3.8, 4) is 0 Å². The van der Waals surface area contributed by atoms with Crippen LogP contribution in [-0.2, 0) is 11.3 Å². The molecule has 1 aromatic heterocycles. The van der Waals surface area contributed by atoms with E-state index >= 15 is 0 Å². The molecule has 6 nitrogen and oxygen atoms in total. The zero-order chi connectivity index (χ0) is 21.3. The zero-order valence-electron chi connectivity index (χ0n) is 17.9. The van der Waals surface area contributed by atoms with Gasteiger partial charge in [0.25, 0.3) is 0 Å². The Morgan fingerprint density at radius 1 is 1.32 bits per heavy atom. The summed E-state index contributed by atoms with van der Waals surface area (Å²) in [5.41, 5.74) is 1.38. The molecule has 0 aliphatic carbocycles. The molecular weight excluding hydrogens is 532 g/mol. The molecule has 0 amide bonds.